The Morgan fingerprint density at radius 1 is 0.955 bits per heavy atom. The quantitative estimate of drug-likeness (QED) is 0.373. The summed E-state index contributed by atoms with van der Waals surface area (Å²) in [4.78, 5) is 0. The highest BCUT2D eigenvalue weighted by Gasteiger charge is 2.27. The Bertz CT molecular complexity index is 452. The van der Waals surface area contributed by atoms with Crippen LogP contribution < -0.4 is 5.30 Å². The van der Waals surface area contributed by atoms with Crippen LogP contribution in [0.5, 0.6) is 0 Å². The van der Waals surface area contributed by atoms with Crippen molar-refractivity contribution in [2.75, 3.05) is 13.2 Å². The Labute approximate surface area is 135 Å². The van der Waals surface area contributed by atoms with Gasteiger partial charge in [-0.1, -0.05) is 64.3 Å². The van der Waals surface area contributed by atoms with Crippen molar-refractivity contribution in [2.24, 2.45) is 0 Å². The molecule has 0 amide bonds. The van der Waals surface area contributed by atoms with Crippen LogP contribution in [-0.2, 0) is 13.6 Å². The number of benzene rings is 1. The van der Waals surface area contributed by atoms with Gasteiger partial charge in [-0.3, -0.25) is 4.57 Å². The van der Waals surface area contributed by atoms with Gasteiger partial charge >= 0.3 is 7.60 Å². The van der Waals surface area contributed by atoms with Crippen LogP contribution in [0.1, 0.15) is 57.9 Å². The van der Waals surface area contributed by atoms with E-state index in [2.05, 4.69) is 20.4 Å². The molecule has 0 aliphatic carbocycles. The molecule has 0 fully saturated rings. The Morgan fingerprint density at radius 3 is 1.86 bits per heavy atom. The summed E-state index contributed by atoms with van der Waals surface area (Å²) in [5.41, 5.74) is 0.993. The molecule has 3 nitrogen and oxygen atoms in total. The molecule has 0 aliphatic rings. The van der Waals surface area contributed by atoms with Crippen molar-refractivity contribution in [1.82, 2.24) is 0 Å². The molecule has 0 radical (unpaired) electrons. The van der Waals surface area contributed by atoms with Crippen molar-refractivity contribution in [2.45, 2.75) is 52.4 Å². The summed E-state index contributed by atoms with van der Waals surface area (Å²) in [7, 11) is -3.22. The Kier molecular flexibility index (Phi) is 9.38. The molecule has 0 saturated carbocycles. The van der Waals surface area contributed by atoms with Crippen LogP contribution in [0, 0.1) is 0 Å². The third-order valence-corrected chi connectivity index (χ3v) is 5.44. The third kappa shape index (κ3) is 6.48. The monoisotopic (exact) mass is 324 g/mol. The standard InChI is InChI=1S/C18H29O3P/c1-4-7-9-15-20-22(19,21-16-10-8-5-2)18-13-11-17(6-3)12-14-18/h6,11-14H,3-5,7-10,15-16H2,1-2H3. The van der Waals surface area contributed by atoms with Crippen LogP contribution >= 0.6 is 7.60 Å². The number of unbranched alkanes of at least 4 members (excludes halogenated alkanes) is 4. The SMILES string of the molecule is C=Cc1ccc(P(=O)(OCCCCC)OCCCCC)cc1. The van der Waals surface area contributed by atoms with Crippen molar-refractivity contribution >= 4 is 19.0 Å². The molecule has 0 aromatic heterocycles. The maximum absolute atomic E-state index is 13.1. The lowest BCUT2D eigenvalue weighted by molar-refractivity contribution is 0.207. The van der Waals surface area contributed by atoms with E-state index in [0.29, 0.717) is 18.5 Å². The van der Waals surface area contributed by atoms with Crippen LogP contribution in [0.4, 0.5) is 0 Å². The molecule has 0 saturated heterocycles. The summed E-state index contributed by atoms with van der Waals surface area (Å²) < 4.78 is 24.4. The van der Waals surface area contributed by atoms with E-state index in [1.165, 1.54) is 0 Å². The summed E-state index contributed by atoms with van der Waals surface area (Å²) >= 11 is 0. The fourth-order valence-electron chi connectivity index (χ4n) is 2.05. The second-order valence-corrected chi connectivity index (χ2v) is 7.40. The van der Waals surface area contributed by atoms with Crippen molar-refractivity contribution in [1.29, 1.82) is 0 Å². The van der Waals surface area contributed by atoms with Gasteiger partial charge in [-0.15, -0.1) is 0 Å². The molecular formula is C18H29O3P. The van der Waals surface area contributed by atoms with E-state index in [0.717, 1.165) is 44.1 Å². The largest absolute Gasteiger partial charge is 0.361 e. The molecule has 0 aliphatic heterocycles. The average Bonchev–Trinajstić information content (AvgIpc) is 2.56. The zero-order chi connectivity index (χ0) is 16.3. The molecule has 0 spiro atoms. The summed E-state index contributed by atoms with van der Waals surface area (Å²) in [6.07, 6.45) is 7.95. The average molecular weight is 324 g/mol. The van der Waals surface area contributed by atoms with Gasteiger partial charge < -0.3 is 9.05 Å². The second kappa shape index (κ2) is 10.8. The molecule has 1 aromatic carbocycles. The lowest BCUT2D eigenvalue weighted by Gasteiger charge is -2.19. The van der Waals surface area contributed by atoms with Gasteiger partial charge in [0.05, 0.1) is 18.5 Å². The maximum Gasteiger partial charge on any atom is 0.361 e. The number of hydrogen-bond acceptors (Lipinski definition) is 3. The highest BCUT2D eigenvalue weighted by molar-refractivity contribution is 7.62. The van der Waals surface area contributed by atoms with E-state index in [9.17, 15) is 4.57 Å². The van der Waals surface area contributed by atoms with E-state index >= 15 is 0 Å². The minimum Gasteiger partial charge on any atom is -0.305 e. The van der Waals surface area contributed by atoms with Crippen molar-refractivity contribution in [3.05, 3.63) is 36.4 Å². The van der Waals surface area contributed by atoms with Crippen molar-refractivity contribution in [3.63, 3.8) is 0 Å². The lowest BCUT2D eigenvalue weighted by atomic mass is 10.2. The van der Waals surface area contributed by atoms with Gasteiger partial charge in [0.15, 0.2) is 0 Å². The van der Waals surface area contributed by atoms with E-state index in [1.54, 1.807) is 6.08 Å². The molecule has 22 heavy (non-hydrogen) atoms. The van der Waals surface area contributed by atoms with Crippen LogP contribution in [-0.4, -0.2) is 13.2 Å². The minimum absolute atomic E-state index is 0.474. The van der Waals surface area contributed by atoms with E-state index in [4.69, 9.17) is 9.05 Å². The van der Waals surface area contributed by atoms with Gasteiger partial charge in [-0.25, -0.2) is 0 Å². The minimum atomic E-state index is -3.22. The van der Waals surface area contributed by atoms with Gasteiger partial charge in [-0.05, 0) is 30.5 Å². The fraction of sp³-hybridized carbons (Fsp3) is 0.556. The zero-order valence-electron chi connectivity index (χ0n) is 13.9. The highest BCUT2D eigenvalue weighted by Crippen LogP contribution is 2.47. The summed E-state index contributed by atoms with van der Waals surface area (Å²) in [6, 6.07) is 7.41. The van der Waals surface area contributed by atoms with E-state index in [-0.39, 0.29) is 0 Å². The van der Waals surface area contributed by atoms with Crippen molar-refractivity contribution in [3.8, 4) is 0 Å². The smallest absolute Gasteiger partial charge is 0.305 e. The Hall–Kier alpha value is -0.890. The molecule has 0 heterocycles. The molecule has 0 unspecified atom stereocenters. The molecule has 1 rings (SSSR count). The lowest BCUT2D eigenvalue weighted by Crippen LogP contribution is -2.12. The molecule has 0 N–H and O–H groups in total. The summed E-state index contributed by atoms with van der Waals surface area (Å²) in [5.74, 6) is 0. The summed E-state index contributed by atoms with van der Waals surface area (Å²) in [6.45, 7) is 8.95. The molecule has 0 bridgehead atoms. The topological polar surface area (TPSA) is 35.5 Å². The van der Waals surface area contributed by atoms with Gasteiger partial charge in [-0.2, -0.15) is 0 Å². The molecular weight excluding hydrogens is 295 g/mol. The zero-order valence-corrected chi connectivity index (χ0v) is 14.8. The number of hydrogen-bond donors (Lipinski definition) is 0. The normalized spacial score (nSPS) is 11.5. The van der Waals surface area contributed by atoms with Crippen LogP contribution in [0.3, 0.4) is 0 Å². The van der Waals surface area contributed by atoms with E-state index in [1.807, 2.05) is 24.3 Å². The molecule has 124 valence electrons. The fourth-order valence-corrected chi connectivity index (χ4v) is 3.68. The predicted octanol–water partition coefficient (Wildman–Crippen LogP) is 5.56. The summed E-state index contributed by atoms with van der Waals surface area (Å²) in [5, 5.41) is 0.631. The van der Waals surface area contributed by atoms with Gasteiger partial charge in [0.25, 0.3) is 0 Å². The van der Waals surface area contributed by atoms with Gasteiger partial charge in [0.2, 0.25) is 0 Å². The van der Waals surface area contributed by atoms with E-state index < -0.39 is 7.60 Å². The van der Waals surface area contributed by atoms with Crippen LogP contribution in [0.2, 0.25) is 0 Å². The van der Waals surface area contributed by atoms with Gasteiger partial charge in [0, 0.05) is 0 Å². The second-order valence-electron chi connectivity index (χ2n) is 5.37. The first kappa shape index (κ1) is 19.2. The predicted molar refractivity (Wildman–Crippen MR) is 94.7 cm³/mol. The first-order valence-electron chi connectivity index (χ1n) is 8.28. The van der Waals surface area contributed by atoms with Crippen LogP contribution in [0.15, 0.2) is 30.8 Å². The first-order chi connectivity index (χ1) is 10.7. The Morgan fingerprint density at radius 2 is 1.45 bits per heavy atom. The molecule has 1 aromatic rings. The van der Waals surface area contributed by atoms with Crippen molar-refractivity contribution < 1.29 is 13.6 Å². The molecule has 4 heteroatoms. The van der Waals surface area contributed by atoms with Gasteiger partial charge in [0.1, 0.15) is 0 Å². The van der Waals surface area contributed by atoms with Crippen LogP contribution in [0.25, 0.3) is 6.08 Å². The maximum atomic E-state index is 13.1. The molecule has 0 atom stereocenters. The number of rotatable bonds is 12. The highest BCUT2D eigenvalue weighted by atomic mass is 31.2. The Balaban J connectivity index is 2.74. The first-order valence-corrected chi connectivity index (χ1v) is 9.82. The third-order valence-electron chi connectivity index (χ3n) is 3.46.